The van der Waals surface area contributed by atoms with Gasteiger partial charge in [0.2, 0.25) is 5.91 Å². The van der Waals surface area contributed by atoms with Crippen molar-refractivity contribution in [3.63, 3.8) is 0 Å². The standard InChI is InChI=1S/C22H23FN2O3/c1-4-20(26)24-13-14-5-7-15(8-6-14)21(27)25-18-12-22(2,3)28-19-10-9-16(23)11-17(18)19/h4-11,18H,1,12-13H2,2-3H3,(H,24,26)(H,25,27)/t18-/m0/s1. The third kappa shape index (κ3) is 4.57. The number of carbonyl (C=O) groups is 2. The topological polar surface area (TPSA) is 67.4 Å². The summed E-state index contributed by atoms with van der Waals surface area (Å²) < 4.78 is 19.6. The van der Waals surface area contributed by atoms with Crippen molar-refractivity contribution in [1.82, 2.24) is 10.6 Å². The van der Waals surface area contributed by atoms with Crippen molar-refractivity contribution in [2.75, 3.05) is 0 Å². The Labute approximate surface area is 163 Å². The largest absolute Gasteiger partial charge is 0.487 e. The van der Waals surface area contributed by atoms with Crippen LogP contribution in [0.15, 0.2) is 55.1 Å². The smallest absolute Gasteiger partial charge is 0.251 e. The molecule has 2 aromatic carbocycles. The Morgan fingerprint density at radius 3 is 2.64 bits per heavy atom. The van der Waals surface area contributed by atoms with Crippen LogP contribution < -0.4 is 15.4 Å². The lowest BCUT2D eigenvalue weighted by Crippen LogP contribution is -2.41. The number of amides is 2. The maximum Gasteiger partial charge on any atom is 0.251 e. The van der Waals surface area contributed by atoms with Crippen LogP contribution >= 0.6 is 0 Å². The van der Waals surface area contributed by atoms with E-state index in [2.05, 4.69) is 17.2 Å². The van der Waals surface area contributed by atoms with Crippen LogP contribution in [-0.4, -0.2) is 17.4 Å². The average molecular weight is 382 g/mol. The van der Waals surface area contributed by atoms with E-state index in [0.29, 0.717) is 29.8 Å². The lowest BCUT2D eigenvalue weighted by atomic mass is 9.89. The number of carbonyl (C=O) groups excluding carboxylic acids is 2. The lowest BCUT2D eigenvalue weighted by molar-refractivity contribution is -0.116. The zero-order chi connectivity index (χ0) is 20.3. The van der Waals surface area contributed by atoms with Gasteiger partial charge in [-0.3, -0.25) is 9.59 Å². The van der Waals surface area contributed by atoms with Crippen LogP contribution in [0.5, 0.6) is 5.75 Å². The minimum Gasteiger partial charge on any atom is -0.487 e. The van der Waals surface area contributed by atoms with Crippen molar-refractivity contribution in [3.8, 4) is 5.75 Å². The number of ether oxygens (including phenoxy) is 1. The number of rotatable bonds is 5. The second-order valence-electron chi connectivity index (χ2n) is 7.39. The highest BCUT2D eigenvalue weighted by Gasteiger charge is 2.34. The highest BCUT2D eigenvalue weighted by Crippen LogP contribution is 2.39. The Balaban J connectivity index is 1.73. The number of benzene rings is 2. The number of hydrogen-bond acceptors (Lipinski definition) is 3. The highest BCUT2D eigenvalue weighted by molar-refractivity contribution is 5.94. The van der Waals surface area contributed by atoms with Gasteiger partial charge in [-0.25, -0.2) is 4.39 Å². The molecule has 0 unspecified atom stereocenters. The molecule has 1 aliphatic heterocycles. The Morgan fingerprint density at radius 1 is 1.25 bits per heavy atom. The van der Waals surface area contributed by atoms with Gasteiger partial charge >= 0.3 is 0 Å². The van der Waals surface area contributed by atoms with E-state index in [1.165, 1.54) is 18.2 Å². The van der Waals surface area contributed by atoms with E-state index >= 15 is 0 Å². The molecule has 28 heavy (non-hydrogen) atoms. The Morgan fingerprint density at radius 2 is 1.96 bits per heavy atom. The van der Waals surface area contributed by atoms with E-state index in [1.807, 2.05) is 13.8 Å². The summed E-state index contributed by atoms with van der Waals surface area (Å²) in [7, 11) is 0. The SMILES string of the molecule is C=CC(=O)NCc1ccc(C(=O)N[C@H]2CC(C)(C)Oc3ccc(F)cc32)cc1. The van der Waals surface area contributed by atoms with Crippen LogP contribution in [0.2, 0.25) is 0 Å². The van der Waals surface area contributed by atoms with E-state index in [4.69, 9.17) is 4.74 Å². The monoisotopic (exact) mass is 382 g/mol. The molecule has 0 fully saturated rings. The minimum absolute atomic E-state index is 0.250. The quantitative estimate of drug-likeness (QED) is 0.776. The average Bonchev–Trinajstić information content (AvgIpc) is 2.66. The molecule has 1 atom stereocenters. The van der Waals surface area contributed by atoms with Crippen LogP contribution in [0.3, 0.4) is 0 Å². The molecule has 0 aliphatic carbocycles. The zero-order valence-electron chi connectivity index (χ0n) is 15.9. The van der Waals surface area contributed by atoms with Gasteiger partial charge in [0, 0.05) is 24.1 Å². The van der Waals surface area contributed by atoms with E-state index in [9.17, 15) is 14.0 Å². The Hall–Kier alpha value is -3.15. The molecule has 0 saturated heterocycles. The zero-order valence-corrected chi connectivity index (χ0v) is 15.9. The van der Waals surface area contributed by atoms with Gasteiger partial charge in [-0.1, -0.05) is 18.7 Å². The first-order valence-electron chi connectivity index (χ1n) is 9.06. The minimum atomic E-state index is -0.476. The van der Waals surface area contributed by atoms with Crippen molar-refractivity contribution in [2.45, 2.75) is 38.5 Å². The van der Waals surface area contributed by atoms with E-state index in [1.54, 1.807) is 30.3 Å². The van der Waals surface area contributed by atoms with Crippen molar-refractivity contribution < 1.29 is 18.7 Å². The maximum absolute atomic E-state index is 13.7. The van der Waals surface area contributed by atoms with Gasteiger partial charge in [0.15, 0.2) is 0 Å². The van der Waals surface area contributed by atoms with Gasteiger partial charge in [-0.05, 0) is 55.8 Å². The molecule has 5 nitrogen and oxygen atoms in total. The summed E-state index contributed by atoms with van der Waals surface area (Å²) >= 11 is 0. The first kappa shape index (κ1) is 19.6. The molecular weight excluding hydrogens is 359 g/mol. The molecule has 3 rings (SSSR count). The van der Waals surface area contributed by atoms with E-state index in [0.717, 1.165) is 5.56 Å². The molecule has 0 radical (unpaired) electrons. The highest BCUT2D eigenvalue weighted by atomic mass is 19.1. The molecule has 0 bridgehead atoms. The number of nitrogens with one attached hydrogen (secondary N) is 2. The van der Waals surface area contributed by atoms with Gasteiger partial charge < -0.3 is 15.4 Å². The van der Waals surface area contributed by atoms with Crippen molar-refractivity contribution >= 4 is 11.8 Å². The normalized spacial score (nSPS) is 17.0. The van der Waals surface area contributed by atoms with Crippen LogP contribution in [0.1, 0.15) is 47.8 Å². The predicted molar refractivity (Wildman–Crippen MR) is 104 cm³/mol. The van der Waals surface area contributed by atoms with Crippen LogP contribution in [-0.2, 0) is 11.3 Å². The molecule has 1 heterocycles. The summed E-state index contributed by atoms with van der Waals surface area (Å²) in [6.07, 6.45) is 1.73. The van der Waals surface area contributed by atoms with Crippen LogP contribution in [0, 0.1) is 5.82 Å². The fourth-order valence-corrected chi connectivity index (χ4v) is 3.23. The molecule has 2 N–H and O–H groups in total. The molecular formula is C22H23FN2O3. The van der Waals surface area contributed by atoms with Gasteiger partial charge in [0.05, 0.1) is 6.04 Å². The van der Waals surface area contributed by atoms with Gasteiger partial charge in [0.25, 0.3) is 5.91 Å². The lowest BCUT2D eigenvalue weighted by Gasteiger charge is -2.37. The first-order valence-corrected chi connectivity index (χ1v) is 9.06. The number of fused-ring (bicyclic) bond motifs is 1. The summed E-state index contributed by atoms with van der Waals surface area (Å²) in [5, 5.41) is 5.67. The maximum atomic E-state index is 13.7. The summed E-state index contributed by atoms with van der Waals surface area (Å²) in [4.78, 5) is 23.9. The molecule has 0 spiro atoms. The molecule has 1 aliphatic rings. The van der Waals surface area contributed by atoms with Gasteiger partial charge in [-0.15, -0.1) is 0 Å². The second kappa shape index (κ2) is 7.84. The summed E-state index contributed by atoms with van der Waals surface area (Å²) in [6, 6.07) is 10.9. The van der Waals surface area contributed by atoms with Crippen molar-refractivity contribution in [1.29, 1.82) is 0 Å². The molecule has 2 amide bonds. The van der Waals surface area contributed by atoms with Crippen molar-refractivity contribution in [3.05, 3.63) is 77.6 Å². The number of hydrogen-bond donors (Lipinski definition) is 2. The molecule has 0 aromatic heterocycles. The summed E-state index contributed by atoms with van der Waals surface area (Å²) in [5.41, 5.74) is 1.51. The summed E-state index contributed by atoms with van der Waals surface area (Å²) in [6.45, 7) is 7.63. The molecule has 6 heteroatoms. The first-order chi connectivity index (χ1) is 13.3. The van der Waals surface area contributed by atoms with Gasteiger partial charge in [-0.2, -0.15) is 0 Å². The predicted octanol–water partition coefficient (Wildman–Crippen LogP) is 3.66. The Bertz CT molecular complexity index is 906. The number of halogens is 1. The second-order valence-corrected chi connectivity index (χ2v) is 7.39. The third-order valence-corrected chi connectivity index (χ3v) is 4.60. The fraction of sp³-hybridized carbons (Fsp3) is 0.273. The molecule has 0 saturated carbocycles. The van der Waals surface area contributed by atoms with E-state index < -0.39 is 5.60 Å². The fourth-order valence-electron chi connectivity index (χ4n) is 3.23. The van der Waals surface area contributed by atoms with Gasteiger partial charge in [0.1, 0.15) is 17.2 Å². The molecule has 2 aromatic rings. The van der Waals surface area contributed by atoms with Crippen LogP contribution in [0.4, 0.5) is 4.39 Å². The third-order valence-electron chi connectivity index (χ3n) is 4.60. The van der Waals surface area contributed by atoms with E-state index in [-0.39, 0.29) is 23.7 Å². The molecule has 146 valence electrons. The van der Waals surface area contributed by atoms with Crippen molar-refractivity contribution in [2.24, 2.45) is 0 Å². The Kier molecular flexibility index (Phi) is 5.49. The van der Waals surface area contributed by atoms with Crippen LogP contribution in [0.25, 0.3) is 0 Å². The summed E-state index contributed by atoms with van der Waals surface area (Å²) in [5.74, 6) is -0.294.